The van der Waals surface area contributed by atoms with Gasteiger partial charge in [0.1, 0.15) is 5.82 Å². The van der Waals surface area contributed by atoms with Crippen LogP contribution in [0.4, 0.5) is 29.1 Å². The van der Waals surface area contributed by atoms with E-state index in [1.807, 2.05) is 4.90 Å². The van der Waals surface area contributed by atoms with Crippen molar-refractivity contribution in [1.82, 2.24) is 29.5 Å². The van der Waals surface area contributed by atoms with Crippen molar-refractivity contribution in [3.8, 4) is 17.9 Å². The van der Waals surface area contributed by atoms with Gasteiger partial charge in [-0.3, -0.25) is 14.4 Å². The molecule has 0 spiro atoms. The van der Waals surface area contributed by atoms with Crippen LogP contribution in [-0.2, 0) is 37.0 Å². The number of benzene rings is 1. The zero-order chi connectivity index (χ0) is 37.3. The smallest absolute Gasteiger partial charge is 0.417 e. The van der Waals surface area contributed by atoms with Gasteiger partial charge in [0.15, 0.2) is 5.69 Å². The number of anilines is 2. The third-order valence-electron chi connectivity index (χ3n) is 9.72. The lowest BCUT2D eigenvalue weighted by Crippen LogP contribution is -2.29. The minimum Gasteiger partial charge on any atom is -0.467 e. The summed E-state index contributed by atoms with van der Waals surface area (Å²) in [6.07, 6.45) is -0.606. The minimum atomic E-state index is -4.68. The molecule has 6 heterocycles. The second-order valence-corrected chi connectivity index (χ2v) is 13.8. The van der Waals surface area contributed by atoms with Gasteiger partial charge >= 0.3 is 12.2 Å². The summed E-state index contributed by atoms with van der Waals surface area (Å²) >= 11 is 6.64. The van der Waals surface area contributed by atoms with Gasteiger partial charge in [0.05, 0.1) is 54.7 Å². The number of hydrogen-bond acceptors (Lipinski definition) is 9. The van der Waals surface area contributed by atoms with Crippen LogP contribution in [0.5, 0.6) is 6.01 Å². The number of nitrogens with zero attached hydrogens (tertiary/aromatic N) is 7. The maximum absolute atomic E-state index is 14.3. The Balaban J connectivity index is 0.000000396. The average Bonchev–Trinajstić information content (AvgIpc) is 3.75. The summed E-state index contributed by atoms with van der Waals surface area (Å²) in [7, 11) is 4.68. The Morgan fingerprint density at radius 1 is 1.15 bits per heavy atom. The van der Waals surface area contributed by atoms with Crippen molar-refractivity contribution < 1.29 is 31.8 Å². The normalized spacial score (nSPS) is 20.6. The predicted octanol–water partition coefficient (Wildman–Crippen LogP) is 5.94. The number of hydrogen-bond donors (Lipinski definition) is 1. The van der Waals surface area contributed by atoms with E-state index in [4.69, 9.17) is 26.8 Å². The molecule has 2 fully saturated rings. The minimum absolute atomic E-state index is 0.0285. The number of carbonyl (C=O) groups excluding carboxylic acids is 1. The summed E-state index contributed by atoms with van der Waals surface area (Å²) < 4.78 is 68.0. The van der Waals surface area contributed by atoms with Gasteiger partial charge in [-0.1, -0.05) is 17.5 Å². The third kappa shape index (κ3) is 7.55. The van der Waals surface area contributed by atoms with Gasteiger partial charge in [-0.25, -0.2) is 4.39 Å². The number of methoxy groups -OCH3 is 1. The van der Waals surface area contributed by atoms with Crippen molar-refractivity contribution in [2.24, 2.45) is 0 Å². The van der Waals surface area contributed by atoms with Crippen LogP contribution < -0.4 is 15.4 Å². The van der Waals surface area contributed by atoms with E-state index >= 15 is 0 Å². The fraction of sp³-hybridized carbons (Fsp3) is 0.500. The highest BCUT2D eigenvalue weighted by Crippen LogP contribution is 2.43. The van der Waals surface area contributed by atoms with Crippen LogP contribution >= 0.6 is 11.6 Å². The van der Waals surface area contributed by atoms with E-state index in [0.717, 1.165) is 24.9 Å². The highest BCUT2D eigenvalue weighted by atomic mass is 35.5. The number of aryl methyl sites for hydroxylation is 1. The van der Waals surface area contributed by atoms with Crippen molar-refractivity contribution >= 4 is 29.0 Å². The molecule has 0 bridgehead atoms. The van der Waals surface area contributed by atoms with E-state index in [1.54, 1.807) is 18.8 Å². The average molecular weight is 745 g/mol. The van der Waals surface area contributed by atoms with E-state index in [1.165, 1.54) is 50.5 Å². The molecule has 0 saturated carbocycles. The maximum Gasteiger partial charge on any atom is 0.417 e. The molecule has 7 rings (SSSR count). The summed E-state index contributed by atoms with van der Waals surface area (Å²) in [4.78, 5) is 27.5. The number of aromatic nitrogens is 4. The summed E-state index contributed by atoms with van der Waals surface area (Å²) in [5.74, 6) is 5.27. The van der Waals surface area contributed by atoms with Gasteiger partial charge in [0.2, 0.25) is 0 Å². The molecular weight excluding hydrogens is 704 g/mol. The Hall–Kier alpha value is -4.39. The summed E-state index contributed by atoms with van der Waals surface area (Å²) in [5.41, 5.74) is 7.89. The number of alkyl halides is 3. The Kier molecular flexibility index (Phi) is 11.0. The van der Waals surface area contributed by atoms with Crippen LogP contribution in [0, 0.1) is 11.8 Å². The van der Waals surface area contributed by atoms with Crippen LogP contribution in [0.2, 0.25) is 5.02 Å². The highest BCUT2D eigenvalue weighted by molar-refractivity contribution is 6.34. The van der Waals surface area contributed by atoms with Gasteiger partial charge in [-0.05, 0) is 62.4 Å². The number of nitrogen functional groups attached to an aromatic ring is 1. The van der Waals surface area contributed by atoms with E-state index in [0.29, 0.717) is 48.3 Å². The molecule has 2 N–H and O–H groups in total. The molecule has 4 aliphatic heterocycles. The van der Waals surface area contributed by atoms with Crippen molar-refractivity contribution in [2.45, 2.75) is 77.0 Å². The van der Waals surface area contributed by atoms with Crippen molar-refractivity contribution in [2.75, 3.05) is 51.5 Å². The molecule has 0 radical (unpaired) electrons. The van der Waals surface area contributed by atoms with Gasteiger partial charge in [-0.15, -0.1) is 5.92 Å². The molecule has 4 aliphatic rings. The van der Waals surface area contributed by atoms with Gasteiger partial charge in [0, 0.05) is 63.0 Å². The van der Waals surface area contributed by atoms with E-state index in [-0.39, 0.29) is 59.0 Å². The molecule has 278 valence electrons. The number of ether oxygens (including phenoxy) is 2. The van der Waals surface area contributed by atoms with E-state index < -0.39 is 17.8 Å². The van der Waals surface area contributed by atoms with Gasteiger partial charge < -0.3 is 25.0 Å². The molecule has 1 aromatic carbocycles. The van der Waals surface area contributed by atoms with Crippen LogP contribution in [0.25, 0.3) is 0 Å². The largest absolute Gasteiger partial charge is 0.467 e. The second kappa shape index (κ2) is 15.3. The first-order chi connectivity index (χ1) is 24.8. The molecule has 2 unspecified atom stereocenters. The van der Waals surface area contributed by atoms with E-state index in [2.05, 4.69) is 31.8 Å². The first-order valence-corrected chi connectivity index (χ1v) is 17.4. The lowest BCUT2D eigenvalue weighted by Gasteiger charge is -2.31. The molecule has 3 aromatic rings. The van der Waals surface area contributed by atoms with Crippen molar-refractivity contribution in [1.29, 1.82) is 0 Å². The Morgan fingerprint density at radius 2 is 1.94 bits per heavy atom. The summed E-state index contributed by atoms with van der Waals surface area (Å²) in [6, 6.07) is 3.25. The van der Waals surface area contributed by atoms with E-state index in [9.17, 15) is 22.4 Å². The van der Waals surface area contributed by atoms with Crippen LogP contribution in [-0.4, -0.2) is 82.3 Å². The molecule has 52 heavy (non-hydrogen) atoms. The number of halogens is 5. The second-order valence-electron chi connectivity index (χ2n) is 13.4. The first kappa shape index (κ1) is 37.4. The van der Waals surface area contributed by atoms with Crippen LogP contribution in [0.3, 0.4) is 0 Å². The standard InChI is InChI=1S/C28H29ClF3N7O3.C8H12FN/c1-5-7-15-10-16(33)11-17(22(15)28(30,31)32)21-12-19-18(14-42-21)25(35-27(34-19)41-4)38-8-6-9-39-20(13-38)23(29)24(36-39)26(40)37(2)3;9-5-7-4-8-2-1-3-10(8)6-7/h10-11,21H,6,8-9,12-14,33H2,1-4H3;5,8H,1-4,6H2/b;7-5-. The number of carbonyl (C=O) groups is 1. The lowest BCUT2D eigenvalue weighted by molar-refractivity contribution is -0.140. The third-order valence-corrected chi connectivity index (χ3v) is 10.1. The number of amides is 1. The molecule has 2 atom stereocenters. The van der Waals surface area contributed by atoms with Gasteiger partial charge in [0.25, 0.3) is 5.91 Å². The Labute approximate surface area is 304 Å². The molecule has 0 aliphatic carbocycles. The molecule has 16 heteroatoms. The number of rotatable bonds is 4. The summed E-state index contributed by atoms with van der Waals surface area (Å²) in [6.45, 7) is 4.88. The molecule has 11 nitrogen and oxygen atoms in total. The maximum atomic E-state index is 14.3. The predicted molar refractivity (Wildman–Crippen MR) is 188 cm³/mol. The Morgan fingerprint density at radius 3 is 2.62 bits per heavy atom. The number of fused-ring (bicyclic) bond motifs is 3. The molecule has 2 saturated heterocycles. The highest BCUT2D eigenvalue weighted by Gasteiger charge is 2.40. The monoisotopic (exact) mass is 744 g/mol. The first-order valence-electron chi connectivity index (χ1n) is 17.1. The zero-order valence-corrected chi connectivity index (χ0v) is 30.2. The van der Waals surface area contributed by atoms with Crippen LogP contribution in [0.15, 0.2) is 24.0 Å². The lowest BCUT2D eigenvalue weighted by atomic mass is 9.91. The number of nitrogens with two attached hydrogens (primary N) is 1. The van der Waals surface area contributed by atoms with Crippen molar-refractivity contribution in [3.63, 3.8) is 0 Å². The molecular formula is C36H41ClF4N8O3. The molecule has 1 amide bonds. The van der Waals surface area contributed by atoms with Crippen LogP contribution in [0.1, 0.15) is 82.8 Å². The van der Waals surface area contributed by atoms with Crippen molar-refractivity contribution in [3.05, 3.63) is 68.4 Å². The fourth-order valence-corrected chi connectivity index (χ4v) is 7.60. The molecule has 2 aromatic heterocycles. The topological polar surface area (TPSA) is 115 Å². The fourth-order valence-electron chi connectivity index (χ4n) is 7.33. The SMILES string of the molecule is CC#Cc1cc(N)cc(C2Cc3nc(OC)nc(N4CCCn5nc(C(=O)N(C)C)c(Cl)c5C4)c3CO2)c1C(F)(F)F.F/C=C1/CC2CCCN2C1. The zero-order valence-electron chi connectivity index (χ0n) is 29.5. The van der Waals surface area contributed by atoms with Gasteiger partial charge in [-0.2, -0.15) is 28.2 Å². The quantitative estimate of drug-likeness (QED) is 0.197. The summed E-state index contributed by atoms with van der Waals surface area (Å²) in [5, 5.41) is 4.72. The Bertz CT molecular complexity index is 1920.